The van der Waals surface area contributed by atoms with Crippen LogP contribution in [0.5, 0.6) is 0 Å². The summed E-state index contributed by atoms with van der Waals surface area (Å²) >= 11 is 0. The fraction of sp³-hybridized carbons (Fsp3) is 0.106. The Bertz CT molecular complexity index is 3120. The number of fused-ring (bicyclic) bond motifs is 2. The van der Waals surface area contributed by atoms with Crippen molar-refractivity contribution in [3.63, 3.8) is 0 Å². The van der Waals surface area contributed by atoms with Gasteiger partial charge in [-0.15, -0.1) is 0 Å². The average Bonchev–Trinajstić information content (AvgIpc) is 4.04. The minimum absolute atomic E-state index is 0.0676. The first-order valence-electron chi connectivity index (χ1n) is 20.5. The van der Waals surface area contributed by atoms with Gasteiger partial charge in [0, 0.05) is 48.0 Å². The average molecular weight is 881 g/mol. The van der Waals surface area contributed by atoms with Crippen LogP contribution in [-0.4, -0.2) is 69.6 Å². The minimum atomic E-state index is -1.27. The van der Waals surface area contributed by atoms with Gasteiger partial charge in [0.25, 0.3) is 0 Å². The molecular weight excluding hydrogens is 837 g/mol. The van der Waals surface area contributed by atoms with Crippen molar-refractivity contribution in [2.75, 3.05) is 22.2 Å². The smallest absolute Gasteiger partial charge is 0.232 e. The zero-order valence-electron chi connectivity index (χ0n) is 35.6. The second-order valence-electron chi connectivity index (χ2n) is 14.4. The van der Waals surface area contributed by atoms with Gasteiger partial charge in [0.05, 0.1) is 28.2 Å². The molecular formula is C47H44N16OS. The number of anilines is 5. The lowest BCUT2D eigenvalue weighted by Crippen LogP contribution is -2.11. The van der Waals surface area contributed by atoms with Crippen molar-refractivity contribution >= 4 is 51.6 Å². The normalized spacial score (nSPS) is 12.2. The quantitative estimate of drug-likeness (QED) is 0.0899. The molecule has 17 nitrogen and oxygen atoms in total. The van der Waals surface area contributed by atoms with Crippen LogP contribution < -0.4 is 21.7 Å². The summed E-state index contributed by atoms with van der Waals surface area (Å²) < 4.78 is 14.8. The Balaban J connectivity index is 0.000000151. The molecule has 1 unspecified atom stereocenters. The van der Waals surface area contributed by atoms with Crippen molar-refractivity contribution in [2.45, 2.75) is 31.1 Å². The number of hydrogen-bond acceptors (Lipinski definition) is 15. The molecule has 0 aliphatic heterocycles. The predicted molar refractivity (Wildman–Crippen MR) is 253 cm³/mol. The molecule has 65 heavy (non-hydrogen) atoms. The van der Waals surface area contributed by atoms with Crippen molar-refractivity contribution < 1.29 is 4.21 Å². The van der Waals surface area contributed by atoms with Crippen LogP contribution in [0.3, 0.4) is 0 Å². The van der Waals surface area contributed by atoms with Crippen LogP contribution in [0.2, 0.25) is 0 Å². The summed E-state index contributed by atoms with van der Waals surface area (Å²) in [5.41, 5.74) is 12.8. The first-order valence-corrected chi connectivity index (χ1v) is 22.0. The summed E-state index contributed by atoms with van der Waals surface area (Å²) in [6, 6.07) is 47.4. The lowest BCUT2D eigenvalue weighted by Gasteiger charge is -2.15. The molecule has 10 aromatic rings. The van der Waals surface area contributed by atoms with Crippen LogP contribution in [0.15, 0.2) is 176 Å². The second-order valence-corrected chi connectivity index (χ2v) is 15.7. The van der Waals surface area contributed by atoms with Crippen LogP contribution in [0.1, 0.15) is 37.1 Å². The summed E-state index contributed by atoms with van der Waals surface area (Å²) in [5.74, 6) is 2.59. The van der Waals surface area contributed by atoms with Crippen LogP contribution in [0, 0.1) is 0 Å². The molecule has 0 amide bonds. The third-order valence-electron chi connectivity index (χ3n) is 9.67. The summed E-state index contributed by atoms with van der Waals surface area (Å²) in [7, 11) is -1.27. The van der Waals surface area contributed by atoms with E-state index >= 15 is 0 Å². The second kappa shape index (κ2) is 20.7. The number of benzene rings is 4. The molecule has 10 rings (SSSR count). The highest BCUT2D eigenvalue weighted by Crippen LogP contribution is 2.25. The highest BCUT2D eigenvalue weighted by Gasteiger charge is 2.14. The molecule has 0 aliphatic carbocycles. The van der Waals surface area contributed by atoms with Crippen molar-refractivity contribution in [1.29, 1.82) is 0 Å². The van der Waals surface area contributed by atoms with Gasteiger partial charge in [0.15, 0.2) is 11.3 Å². The van der Waals surface area contributed by atoms with E-state index in [0.29, 0.717) is 40.8 Å². The summed E-state index contributed by atoms with van der Waals surface area (Å²) in [4.78, 5) is 35.1. The Hall–Kier alpha value is -8.35. The Kier molecular flexibility index (Phi) is 13.8. The van der Waals surface area contributed by atoms with E-state index in [4.69, 9.17) is 10.7 Å². The largest absolute Gasteiger partial charge is 0.348 e. The Morgan fingerprint density at radius 3 is 1.49 bits per heavy atom. The van der Waals surface area contributed by atoms with Gasteiger partial charge < -0.3 is 21.7 Å². The maximum atomic E-state index is 11.6. The van der Waals surface area contributed by atoms with Gasteiger partial charge in [0.2, 0.25) is 23.0 Å². The highest BCUT2D eigenvalue weighted by atomic mass is 32.2. The topological polar surface area (TPSA) is 217 Å². The fourth-order valence-corrected chi connectivity index (χ4v) is 6.82. The van der Waals surface area contributed by atoms with E-state index in [1.165, 1.54) is 24.5 Å². The van der Waals surface area contributed by atoms with E-state index in [1.807, 2.05) is 128 Å². The van der Waals surface area contributed by atoms with E-state index < -0.39 is 10.8 Å². The summed E-state index contributed by atoms with van der Waals surface area (Å²) in [6.45, 7) is 4.05. The zero-order chi connectivity index (χ0) is 45.0. The predicted octanol–water partition coefficient (Wildman–Crippen LogP) is 8.27. The van der Waals surface area contributed by atoms with Crippen molar-refractivity contribution in [3.05, 3.63) is 182 Å². The number of nitrogens with zero attached hydrogens (tertiary/aromatic N) is 12. The van der Waals surface area contributed by atoms with Gasteiger partial charge in [-0.25, -0.2) is 34.9 Å². The number of rotatable bonds is 11. The first-order chi connectivity index (χ1) is 31.8. The van der Waals surface area contributed by atoms with E-state index in [9.17, 15) is 4.21 Å². The van der Waals surface area contributed by atoms with Gasteiger partial charge in [-0.05, 0) is 37.1 Å². The molecule has 0 saturated carbocycles. The van der Waals surface area contributed by atoms with Gasteiger partial charge in [-0.3, -0.25) is 4.21 Å². The molecule has 0 spiro atoms. The molecule has 18 heteroatoms. The van der Waals surface area contributed by atoms with Crippen LogP contribution in [-0.2, 0) is 10.8 Å². The van der Waals surface area contributed by atoms with E-state index in [2.05, 4.69) is 80.1 Å². The fourth-order valence-electron chi connectivity index (χ4n) is 6.38. The van der Waals surface area contributed by atoms with Crippen LogP contribution >= 0.6 is 0 Å². The third-order valence-corrected chi connectivity index (χ3v) is 10.4. The lowest BCUT2D eigenvalue weighted by atomic mass is 10.1. The molecule has 0 aliphatic rings. The lowest BCUT2D eigenvalue weighted by molar-refractivity contribution is 0.680. The number of aromatic nitrogens is 12. The van der Waals surface area contributed by atoms with Crippen LogP contribution in [0.25, 0.3) is 33.8 Å². The Labute approximate surface area is 376 Å². The molecule has 0 radical (unpaired) electrons. The highest BCUT2D eigenvalue weighted by molar-refractivity contribution is 7.84. The minimum Gasteiger partial charge on any atom is -0.348 e. The molecule has 324 valence electrons. The maximum Gasteiger partial charge on any atom is 0.232 e. The summed E-state index contributed by atoms with van der Waals surface area (Å²) in [5, 5.41) is 18.4. The number of nitrogens with two attached hydrogens (primary N) is 1. The van der Waals surface area contributed by atoms with E-state index in [0.717, 1.165) is 28.1 Å². The zero-order valence-corrected chi connectivity index (χ0v) is 36.4. The van der Waals surface area contributed by atoms with Gasteiger partial charge >= 0.3 is 0 Å². The molecule has 0 bridgehead atoms. The van der Waals surface area contributed by atoms with Gasteiger partial charge in [-0.2, -0.15) is 24.2 Å². The van der Waals surface area contributed by atoms with E-state index in [-0.39, 0.29) is 17.2 Å². The van der Waals surface area contributed by atoms with Gasteiger partial charge in [-0.1, -0.05) is 121 Å². The standard InChI is InChI=1S/C23H20N8.C16H13N7OS.C8H11N/c1-16(17-8-4-2-5-9-17)27-22-24-13-12-20(29-22)30-23-28-19(18-10-6-3-7-11-18)14-21-25-15-26-31(21)23;1-25(24)16-17-8-7-13(22-16)21-15-20-12(11-5-3-2-4-6-11)9-14-18-10-19-23(14)15;1-7(9)8-5-3-2-4-6-8/h2-16H,1H3,(H2,24,27,28,29,30);2-10H,1H3,(H,17,20,21,22);2-7H,9H2,1H3/t16-;;7-/m1.1/s1. The van der Waals surface area contributed by atoms with Gasteiger partial charge in [0.1, 0.15) is 24.3 Å². The van der Waals surface area contributed by atoms with Crippen molar-refractivity contribution in [2.24, 2.45) is 5.73 Å². The SMILES string of the molecule is CS(=O)c1nccc(Nc2nc(-c3ccccc3)cc3ncnn23)n1.C[C@@H](N)c1ccccc1.C[C@@H](Nc1nccc(Nc2nc(-c3ccccc3)cc3ncnn23)n1)c1ccccc1. The molecule has 3 atom stereocenters. The maximum absolute atomic E-state index is 11.6. The number of hydrogen-bond donors (Lipinski definition) is 4. The van der Waals surface area contributed by atoms with Crippen molar-refractivity contribution in [1.82, 2.24) is 59.1 Å². The molecule has 4 aromatic carbocycles. The molecule has 5 N–H and O–H groups in total. The summed E-state index contributed by atoms with van der Waals surface area (Å²) in [6.07, 6.45) is 7.75. The monoisotopic (exact) mass is 880 g/mol. The Morgan fingerprint density at radius 1 is 0.554 bits per heavy atom. The Morgan fingerprint density at radius 2 is 1.02 bits per heavy atom. The number of nitrogens with one attached hydrogen (secondary N) is 3. The molecule has 0 saturated heterocycles. The molecule has 6 heterocycles. The molecule has 0 fully saturated rings. The third kappa shape index (κ3) is 11.2. The van der Waals surface area contributed by atoms with E-state index in [1.54, 1.807) is 33.6 Å². The first kappa shape index (κ1) is 43.3. The van der Waals surface area contributed by atoms with Crippen LogP contribution in [0.4, 0.5) is 29.5 Å². The van der Waals surface area contributed by atoms with Crippen molar-refractivity contribution in [3.8, 4) is 22.5 Å². The molecule has 6 aromatic heterocycles.